The molecule has 0 saturated heterocycles. The Balaban J connectivity index is 1.59. The van der Waals surface area contributed by atoms with E-state index in [2.05, 4.69) is 64.1 Å². The van der Waals surface area contributed by atoms with Gasteiger partial charge in [0.25, 0.3) is 5.56 Å². The quantitative estimate of drug-likeness (QED) is 0.294. The molecule has 5 aromatic rings. The lowest BCUT2D eigenvalue weighted by atomic mass is 9.91. The van der Waals surface area contributed by atoms with Crippen molar-refractivity contribution in [3.05, 3.63) is 99.5 Å². The van der Waals surface area contributed by atoms with Crippen LogP contribution in [-0.2, 0) is 25.8 Å². The summed E-state index contributed by atoms with van der Waals surface area (Å²) in [5.74, 6) is 0. The van der Waals surface area contributed by atoms with Crippen LogP contribution in [0.2, 0.25) is 0 Å². The van der Waals surface area contributed by atoms with Crippen LogP contribution in [-0.4, -0.2) is 21.1 Å². The van der Waals surface area contributed by atoms with Gasteiger partial charge in [0.2, 0.25) is 0 Å². The van der Waals surface area contributed by atoms with Crippen molar-refractivity contribution in [3.63, 3.8) is 0 Å². The standard InChI is InChI=1S/C31H32N4O/c32-16-8-9-17-35-27-15-7-6-14-24(27)29(28(35)18-21-10-2-1-3-11-21)30-31(36)34-26-20-23-13-5-4-12-22(23)19-25(26)33-30/h1-3,6-7,10-11,14-15,19-20H,4-5,8-9,12-13,16-18,32H2,(H,34,36). The lowest BCUT2D eigenvalue weighted by Gasteiger charge is -2.16. The summed E-state index contributed by atoms with van der Waals surface area (Å²) in [6.45, 7) is 1.54. The Morgan fingerprint density at radius 3 is 2.47 bits per heavy atom. The van der Waals surface area contributed by atoms with Crippen LogP contribution < -0.4 is 11.3 Å². The number of aromatic amines is 1. The summed E-state index contributed by atoms with van der Waals surface area (Å²) < 4.78 is 2.38. The summed E-state index contributed by atoms with van der Waals surface area (Å²) in [6, 6.07) is 23.2. The SMILES string of the molecule is NCCCCn1c(Cc2ccccc2)c(-c2nc3cc4c(cc3[nH]c2=O)CCCC4)c2ccccc21. The van der Waals surface area contributed by atoms with Crippen LogP contribution in [0.4, 0.5) is 0 Å². The number of nitrogens with zero attached hydrogens (tertiary/aromatic N) is 2. The fourth-order valence-corrected chi connectivity index (χ4v) is 5.75. The minimum Gasteiger partial charge on any atom is -0.344 e. The van der Waals surface area contributed by atoms with Crippen LogP contribution in [0.3, 0.4) is 0 Å². The maximum Gasteiger partial charge on any atom is 0.275 e. The fourth-order valence-electron chi connectivity index (χ4n) is 5.75. The molecule has 0 atom stereocenters. The number of aromatic nitrogens is 3. The third kappa shape index (κ3) is 4.14. The molecule has 1 aliphatic rings. The molecule has 2 aromatic heterocycles. The van der Waals surface area contributed by atoms with Gasteiger partial charge in [-0.15, -0.1) is 0 Å². The number of rotatable bonds is 7. The van der Waals surface area contributed by atoms with Gasteiger partial charge in [0.05, 0.1) is 11.0 Å². The Kier molecular flexibility index (Phi) is 6.16. The number of hydrogen-bond acceptors (Lipinski definition) is 3. The van der Waals surface area contributed by atoms with Crippen molar-refractivity contribution in [2.24, 2.45) is 5.73 Å². The van der Waals surface area contributed by atoms with Gasteiger partial charge in [-0.25, -0.2) is 4.98 Å². The van der Waals surface area contributed by atoms with E-state index in [0.29, 0.717) is 12.2 Å². The maximum atomic E-state index is 13.6. The summed E-state index contributed by atoms with van der Waals surface area (Å²) in [4.78, 5) is 21.8. The Bertz CT molecular complexity index is 1600. The first kappa shape index (κ1) is 22.7. The largest absolute Gasteiger partial charge is 0.344 e. The second-order valence-corrected chi connectivity index (χ2v) is 9.91. The highest BCUT2D eigenvalue weighted by molar-refractivity contribution is 5.98. The Morgan fingerprint density at radius 2 is 1.67 bits per heavy atom. The highest BCUT2D eigenvalue weighted by Crippen LogP contribution is 2.35. The minimum absolute atomic E-state index is 0.127. The number of H-pyrrole nitrogens is 1. The summed E-state index contributed by atoms with van der Waals surface area (Å²) in [7, 11) is 0. The molecule has 182 valence electrons. The van der Waals surface area contributed by atoms with Gasteiger partial charge in [0, 0.05) is 35.1 Å². The van der Waals surface area contributed by atoms with E-state index < -0.39 is 0 Å². The molecule has 5 nitrogen and oxygen atoms in total. The van der Waals surface area contributed by atoms with Crippen molar-refractivity contribution < 1.29 is 0 Å². The number of para-hydroxylation sites is 1. The van der Waals surface area contributed by atoms with E-state index >= 15 is 0 Å². The van der Waals surface area contributed by atoms with Gasteiger partial charge in [0.1, 0.15) is 5.69 Å². The minimum atomic E-state index is -0.127. The Hall–Kier alpha value is -3.70. The summed E-state index contributed by atoms with van der Waals surface area (Å²) >= 11 is 0. The summed E-state index contributed by atoms with van der Waals surface area (Å²) in [6.07, 6.45) is 7.27. The average molecular weight is 477 g/mol. The van der Waals surface area contributed by atoms with Crippen LogP contribution >= 0.6 is 0 Å². The van der Waals surface area contributed by atoms with Crippen molar-refractivity contribution in [1.29, 1.82) is 0 Å². The Morgan fingerprint density at radius 1 is 0.917 bits per heavy atom. The van der Waals surface area contributed by atoms with E-state index in [9.17, 15) is 4.79 Å². The Labute approximate surface area is 211 Å². The van der Waals surface area contributed by atoms with Gasteiger partial charge in [-0.05, 0) is 80.0 Å². The van der Waals surface area contributed by atoms with Crippen molar-refractivity contribution in [2.45, 2.75) is 51.5 Å². The van der Waals surface area contributed by atoms with Gasteiger partial charge in [-0.1, -0.05) is 48.5 Å². The molecule has 0 unspecified atom stereocenters. The van der Waals surface area contributed by atoms with Gasteiger partial charge in [0.15, 0.2) is 0 Å². The first-order valence-electron chi connectivity index (χ1n) is 13.1. The monoisotopic (exact) mass is 476 g/mol. The average Bonchev–Trinajstić information content (AvgIpc) is 3.20. The van der Waals surface area contributed by atoms with Crippen molar-refractivity contribution in [2.75, 3.05) is 6.54 Å². The van der Waals surface area contributed by atoms with Gasteiger partial charge in [-0.2, -0.15) is 0 Å². The lowest BCUT2D eigenvalue weighted by molar-refractivity contribution is 0.615. The van der Waals surface area contributed by atoms with E-state index in [1.54, 1.807) is 0 Å². The molecular weight excluding hydrogens is 444 g/mol. The molecular formula is C31H32N4O. The molecule has 0 aliphatic heterocycles. The third-order valence-electron chi connectivity index (χ3n) is 7.52. The maximum absolute atomic E-state index is 13.6. The lowest BCUT2D eigenvalue weighted by Crippen LogP contribution is -2.14. The predicted octanol–water partition coefficient (Wildman–Crippen LogP) is 5.75. The molecule has 6 rings (SSSR count). The van der Waals surface area contributed by atoms with E-state index in [1.807, 2.05) is 12.1 Å². The second-order valence-electron chi connectivity index (χ2n) is 9.91. The number of hydrogen-bond donors (Lipinski definition) is 2. The number of nitrogens with one attached hydrogen (secondary N) is 1. The fraction of sp³-hybridized carbons (Fsp3) is 0.290. The first-order valence-corrected chi connectivity index (χ1v) is 13.1. The summed E-state index contributed by atoms with van der Waals surface area (Å²) in [5, 5.41) is 1.08. The van der Waals surface area contributed by atoms with Crippen LogP contribution in [0.1, 0.15) is 48.1 Å². The van der Waals surface area contributed by atoms with Gasteiger partial charge < -0.3 is 15.3 Å². The van der Waals surface area contributed by atoms with E-state index in [4.69, 9.17) is 10.7 Å². The zero-order valence-electron chi connectivity index (χ0n) is 20.6. The second kappa shape index (κ2) is 9.75. The van der Waals surface area contributed by atoms with Gasteiger partial charge >= 0.3 is 0 Å². The molecule has 0 radical (unpaired) electrons. The third-order valence-corrected chi connectivity index (χ3v) is 7.52. The molecule has 0 saturated carbocycles. The molecule has 0 fully saturated rings. The van der Waals surface area contributed by atoms with Crippen molar-refractivity contribution in [3.8, 4) is 11.3 Å². The normalized spacial score (nSPS) is 13.4. The number of aryl methyl sites for hydroxylation is 3. The van der Waals surface area contributed by atoms with Crippen molar-refractivity contribution in [1.82, 2.24) is 14.5 Å². The van der Waals surface area contributed by atoms with E-state index in [-0.39, 0.29) is 5.56 Å². The zero-order valence-corrected chi connectivity index (χ0v) is 20.6. The molecule has 36 heavy (non-hydrogen) atoms. The molecule has 0 spiro atoms. The number of fused-ring (bicyclic) bond motifs is 3. The van der Waals surface area contributed by atoms with Crippen LogP contribution in [0.25, 0.3) is 33.2 Å². The van der Waals surface area contributed by atoms with E-state index in [1.165, 1.54) is 29.5 Å². The molecule has 0 bridgehead atoms. The van der Waals surface area contributed by atoms with Crippen molar-refractivity contribution >= 4 is 21.9 Å². The number of nitrogens with two attached hydrogens (primary N) is 1. The molecule has 5 heteroatoms. The molecule has 2 heterocycles. The predicted molar refractivity (Wildman–Crippen MR) is 147 cm³/mol. The number of benzene rings is 3. The smallest absolute Gasteiger partial charge is 0.275 e. The zero-order chi connectivity index (χ0) is 24.5. The molecule has 1 aliphatic carbocycles. The topological polar surface area (TPSA) is 76.7 Å². The highest BCUT2D eigenvalue weighted by Gasteiger charge is 2.23. The number of unbranched alkanes of at least 4 members (excludes halogenated alkanes) is 1. The first-order chi connectivity index (χ1) is 17.7. The van der Waals surface area contributed by atoms with Crippen LogP contribution in [0.15, 0.2) is 71.5 Å². The van der Waals surface area contributed by atoms with Crippen LogP contribution in [0.5, 0.6) is 0 Å². The molecule has 3 N–H and O–H groups in total. The summed E-state index contributed by atoms with van der Waals surface area (Å²) in [5.41, 5.74) is 15.1. The molecule has 3 aromatic carbocycles. The van der Waals surface area contributed by atoms with Crippen LogP contribution in [0, 0.1) is 0 Å². The van der Waals surface area contributed by atoms with E-state index in [0.717, 1.165) is 71.8 Å². The van der Waals surface area contributed by atoms with Gasteiger partial charge in [-0.3, -0.25) is 4.79 Å². The molecule has 0 amide bonds. The highest BCUT2D eigenvalue weighted by atomic mass is 16.1.